The molecule has 4 heteroatoms. The van der Waals surface area contributed by atoms with E-state index in [-0.39, 0.29) is 0 Å². The van der Waals surface area contributed by atoms with Crippen LogP contribution in [0.2, 0.25) is 0 Å². The lowest BCUT2D eigenvalue weighted by Crippen LogP contribution is -2.08. The largest absolute Gasteiger partial charge is 0.303 e. The minimum absolute atomic E-state index is 0.856. The molecule has 94 valence electrons. The predicted molar refractivity (Wildman–Crippen MR) is 80.5 cm³/mol. The Balaban J connectivity index is 2.12. The summed E-state index contributed by atoms with van der Waals surface area (Å²) in [7, 11) is 0. The average Bonchev–Trinajstić information content (AvgIpc) is 2.82. The monoisotopic (exact) mass is 368 g/mol. The molecule has 0 atom stereocenters. The molecule has 0 aliphatic heterocycles. The molecule has 0 spiro atoms. The van der Waals surface area contributed by atoms with Gasteiger partial charge in [-0.1, -0.05) is 31.9 Å². The third kappa shape index (κ3) is 2.16. The first kappa shape index (κ1) is 12.4. The zero-order chi connectivity index (χ0) is 12.5. The molecule has 2 nitrogen and oxygen atoms in total. The van der Waals surface area contributed by atoms with Crippen molar-refractivity contribution in [2.24, 2.45) is 0 Å². The van der Waals surface area contributed by atoms with Crippen LogP contribution >= 0.6 is 31.9 Å². The molecule has 18 heavy (non-hydrogen) atoms. The van der Waals surface area contributed by atoms with Crippen LogP contribution in [0.4, 0.5) is 0 Å². The number of fused-ring (bicyclic) bond motifs is 1. The Hall–Kier alpha value is -0.610. The molecule has 1 heterocycles. The molecule has 0 fully saturated rings. The van der Waals surface area contributed by atoms with Gasteiger partial charge in [-0.2, -0.15) is 0 Å². The molecule has 1 aromatic carbocycles. The Kier molecular flexibility index (Phi) is 3.57. The minimum Gasteiger partial charge on any atom is -0.303 e. The molecule has 0 radical (unpaired) electrons. The second-order valence-corrected chi connectivity index (χ2v) is 6.10. The van der Waals surface area contributed by atoms with E-state index >= 15 is 0 Å². The summed E-state index contributed by atoms with van der Waals surface area (Å²) in [6.45, 7) is 0. The van der Waals surface area contributed by atoms with E-state index in [9.17, 15) is 0 Å². The Labute approximate surface area is 124 Å². The summed E-state index contributed by atoms with van der Waals surface area (Å²) in [5.41, 5.74) is 5.20. The van der Waals surface area contributed by atoms with Crippen molar-refractivity contribution in [2.75, 3.05) is 0 Å². The summed E-state index contributed by atoms with van der Waals surface area (Å²) in [6, 6.07) is 6.42. The van der Waals surface area contributed by atoms with Gasteiger partial charge in [0.05, 0.1) is 17.7 Å². The van der Waals surface area contributed by atoms with E-state index < -0.39 is 0 Å². The van der Waals surface area contributed by atoms with Gasteiger partial charge in [-0.3, -0.25) is 0 Å². The standard InChI is InChI=1S/C14H14Br2N2/c15-8-10-7-11(16)5-6-13(10)18-9-17-12-3-1-2-4-14(12)18/h5-7,9H,1-4,8H2. The van der Waals surface area contributed by atoms with Crippen LogP contribution in [0, 0.1) is 0 Å². The number of imidazole rings is 1. The van der Waals surface area contributed by atoms with Gasteiger partial charge in [0.15, 0.2) is 0 Å². The fourth-order valence-corrected chi connectivity index (χ4v) is 3.43. The first-order chi connectivity index (χ1) is 8.79. The van der Waals surface area contributed by atoms with E-state index in [1.165, 1.54) is 35.5 Å². The van der Waals surface area contributed by atoms with Crippen molar-refractivity contribution < 1.29 is 0 Å². The Bertz CT molecular complexity index is 575. The minimum atomic E-state index is 0.856. The zero-order valence-corrected chi connectivity index (χ0v) is 13.2. The molecule has 1 aliphatic rings. The summed E-state index contributed by atoms with van der Waals surface area (Å²) >= 11 is 7.10. The maximum atomic E-state index is 4.57. The van der Waals surface area contributed by atoms with Crippen LogP contribution < -0.4 is 0 Å². The van der Waals surface area contributed by atoms with Crippen molar-refractivity contribution in [2.45, 2.75) is 31.0 Å². The van der Waals surface area contributed by atoms with E-state index in [0.29, 0.717) is 0 Å². The summed E-state index contributed by atoms with van der Waals surface area (Å²) in [4.78, 5) is 4.57. The third-order valence-corrected chi connectivity index (χ3v) is 4.57. The summed E-state index contributed by atoms with van der Waals surface area (Å²) in [6.07, 6.45) is 6.80. The third-order valence-electron chi connectivity index (χ3n) is 3.48. The molecule has 2 aromatic rings. The highest BCUT2D eigenvalue weighted by molar-refractivity contribution is 9.10. The number of benzene rings is 1. The molecule has 3 rings (SSSR count). The molecule has 1 aliphatic carbocycles. The van der Waals surface area contributed by atoms with E-state index in [4.69, 9.17) is 0 Å². The highest BCUT2D eigenvalue weighted by Gasteiger charge is 2.17. The SMILES string of the molecule is BrCc1cc(Br)ccc1-n1cnc2c1CCCC2. The molecule has 0 N–H and O–H groups in total. The highest BCUT2D eigenvalue weighted by Crippen LogP contribution is 2.27. The summed E-state index contributed by atoms with van der Waals surface area (Å²) in [5, 5.41) is 0.856. The predicted octanol–water partition coefficient (Wildman–Crippen LogP) is 4.41. The van der Waals surface area contributed by atoms with Crippen molar-refractivity contribution in [1.82, 2.24) is 9.55 Å². The number of halogens is 2. The summed E-state index contributed by atoms with van der Waals surface area (Å²) in [5.74, 6) is 0. The Morgan fingerprint density at radius 1 is 1.22 bits per heavy atom. The van der Waals surface area contributed by atoms with Crippen LogP contribution in [0.15, 0.2) is 29.0 Å². The van der Waals surface area contributed by atoms with Crippen LogP contribution in [0.3, 0.4) is 0 Å². The molecule has 0 amide bonds. The van der Waals surface area contributed by atoms with Crippen LogP contribution in [0.25, 0.3) is 5.69 Å². The van der Waals surface area contributed by atoms with Crippen LogP contribution in [0.5, 0.6) is 0 Å². The number of hydrogen-bond acceptors (Lipinski definition) is 1. The van der Waals surface area contributed by atoms with Gasteiger partial charge < -0.3 is 4.57 Å². The molecule has 0 bridgehead atoms. The number of hydrogen-bond donors (Lipinski definition) is 0. The topological polar surface area (TPSA) is 17.8 Å². The van der Waals surface area contributed by atoms with Crippen molar-refractivity contribution in [3.8, 4) is 5.69 Å². The van der Waals surface area contributed by atoms with E-state index in [1.54, 1.807) is 0 Å². The van der Waals surface area contributed by atoms with Crippen molar-refractivity contribution in [3.63, 3.8) is 0 Å². The van der Waals surface area contributed by atoms with Gasteiger partial charge in [0.2, 0.25) is 0 Å². The molecular weight excluding hydrogens is 356 g/mol. The van der Waals surface area contributed by atoms with Crippen LogP contribution in [-0.4, -0.2) is 9.55 Å². The molecule has 1 aromatic heterocycles. The zero-order valence-electron chi connectivity index (χ0n) is 10.00. The molecule has 0 saturated heterocycles. The maximum Gasteiger partial charge on any atom is 0.0997 e. The lowest BCUT2D eigenvalue weighted by atomic mass is 10.0. The van der Waals surface area contributed by atoms with Crippen molar-refractivity contribution in [1.29, 1.82) is 0 Å². The maximum absolute atomic E-state index is 4.57. The Morgan fingerprint density at radius 3 is 2.89 bits per heavy atom. The fraction of sp³-hybridized carbons (Fsp3) is 0.357. The highest BCUT2D eigenvalue weighted by atomic mass is 79.9. The number of rotatable bonds is 2. The summed E-state index contributed by atoms with van der Waals surface area (Å²) < 4.78 is 3.38. The second kappa shape index (κ2) is 5.17. The van der Waals surface area contributed by atoms with Crippen molar-refractivity contribution in [3.05, 3.63) is 46.0 Å². The van der Waals surface area contributed by atoms with Crippen LogP contribution in [-0.2, 0) is 18.2 Å². The number of alkyl halides is 1. The number of aromatic nitrogens is 2. The van der Waals surface area contributed by atoms with Gasteiger partial charge in [0, 0.05) is 15.5 Å². The quantitative estimate of drug-likeness (QED) is 0.717. The lowest BCUT2D eigenvalue weighted by Gasteiger charge is -2.16. The van der Waals surface area contributed by atoms with E-state index in [1.807, 2.05) is 6.33 Å². The van der Waals surface area contributed by atoms with Crippen LogP contribution in [0.1, 0.15) is 29.8 Å². The van der Waals surface area contributed by atoms with Gasteiger partial charge >= 0.3 is 0 Å². The van der Waals surface area contributed by atoms with Gasteiger partial charge in [-0.15, -0.1) is 0 Å². The Morgan fingerprint density at radius 2 is 2.06 bits per heavy atom. The number of aryl methyl sites for hydroxylation is 1. The van der Waals surface area contributed by atoms with Gasteiger partial charge in [0.25, 0.3) is 0 Å². The van der Waals surface area contributed by atoms with E-state index in [2.05, 4.69) is 59.6 Å². The lowest BCUT2D eigenvalue weighted by molar-refractivity contribution is 0.655. The van der Waals surface area contributed by atoms with Gasteiger partial charge in [-0.25, -0.2) is 4.98 Å². The average molecular weight is 370 g/mol. The molecular formula is C14H14Br2N2. The van der Waals surface area contributed by atoms with E-state index in [0.717, 1.165) is 22.6 Å². The first-order valence-corrected chi connectivity index (χ1v) is 8.11. The molecule has 0 saturated carbocycles. The first-order valence-electron chi connectivity index (χ1n) is 6.19. The normalized spacial score (nSPS) is 14.6. The molecule has 0 unspecified atom stereocenters. The van der Waals surface area contributed by atoms with Gasteiger partial charge in [-0.05, 0) is 49.4 Å². The fourth-order valence-electron chi connectivity index (χ4n) is 2.57. The van der Waals surface area contributed by atoms with Crippen molar-refractivity contribution >= 4 is 31.9 Å². The number of nitrogens with zero attached hydrogens (tertiary/aromatic N) is 2. The smallest absolute Gasteiger partial charge is 0.0997 e. The second-order valence-electron chi connectivity index (χ2n) is 4.62. The van der Waals surface area contributed by atoms with Gasteiger partial charge in [0.1, 0.15) is 0 Å².